The molecule has 4 heteroatoms. The molecule has 0 unspecified atom stereocenters. The fourth-order valence-electron chi connectivity index (χ4n) is 2.25. The van der Waals surface area contributed by atoms with E-state index in [0.717, 1.165) is 29.7 Å². The van der Waals surface area contributed by atoms with E-state index in [1.54, 1.807) is 0 Å². The Morgan fingerprint density at radius 3 is 2.47 bits per heavy atom. The Labute approximate surface area is 108 Å². The Kier molecular flexibility index (Phi) is 5.75. The average molecular weight is 258 g/mol. The first-order valence-corrected chi connectivity index (χ1v) is 5.93. The van der Waals surface area contributed by atoms with E-state index in [0.29, 0.717) is 12.6 Å². The van der Waals surface area contributed by atoms with Crippen molar-refractivity contribution < 1.29 is 9.84 Å². The summed E-state index contributed by atoms with van der Waals surface area (Å²) in [6.07, 6.45) is 5.01. The smallest absolute Gasteiger partial charge is 0.129 e. The molecule has 3 N–H and O–H groups in total. The minimum Gasteiger partial charge on any atom is -0.490 e. The van der Waals surface area contributed by atoms with Crippen LogP contribution >= 0.6 is 12.4 Å². The van der Waals surface area contributed by atoms with Crippen LogP contribution in [0.15, 0.2) is 18.2 Å². The SMILES string of the molecule is Cl.NCc1cccc(CO)c1OC1CCCC1. The van der Waals surface area contributed by atoms with Gasteiger partial charge in [0.1, 0.15) is 5.75 Å². The van der Waals surface area contributed by atoms with E-state index in [9.17, 15) is 5.11 Å². The summed E-state index contributed by atoms with van der Waals surface area (Å²) < 4.78 is 5.98. The van der Waals surface area contributed by atoms with Gasteiger partial charge >= 0.3 is 0 Å². The highest BCUT2D eigenvalue weighted by Gasteiger charge is 2.19. The van der Waals surface area contributed by atoms with Gasteiger partial charge in [-0.25, -0.2) is 0 Å². The van der Waals surface area contributed by atoms with E-state index in [-0.39, 0.29) is 19.0 Å². The third kappa shape index (κ3) is 3.35. The van der Waals surface area contributed by atoms with E-state index in [2.05, 4.69) is 0 Å². The zero-order valence-corrected chi connectivity index (χ0v) is 10.7. The van der Waals surface area contributed by atoms with Crippen LogP contribution in [0.3, 0.4) is 0 Å². The fourth-order valence-corrected chi connectivity index (χ4v) is 2.25. The molecule has 0 aromatic heterocycles. The van der Waals surface area contributed by atoms with Gasteiger partial charge in [0, 0.05) is 17.7 Å². The molecule has 0 heterocycles. The number of hydrogen-bond donors (Lipinski definition) is 2. The highest BCUT2D eigenvalue weighted by atomic mass is 35.5. The summed E-state index contributed by atoms with van der Waals surface area (Å²) in [7, 11) is 0. The van der Waals surface area contributed by atoms with Gasteiger partial charge in [0.15, 0.2) is 0 Å². The van der Waals surface area contributed by atoms with Crippen molar-refractivity contribution in [3.8, 4) is 5.75 Å². The number of nitrogens with two attached hydrogens (primary N) is 1. The first-order valence-electron chi connectivity index (χ1n) is 5.93. The Hall–Kier alpha value is -0.770. The molecule has 1 aliphatic carbocycles. The third-order valence-electron chi connectivity index (χ3n) is 3.16. The third-order valence-corrected chi connectivity index (χ3v) is 3.16. The zero-order chi connectivity index (χ0) is 11.4. The van der Waals surface area contributed by atoms with E-state index in [1.165, 1.54) is 12.8 Å². The van der Waals surface area contributed by atoms with Gasteiger partial charge in [0.05, 0.1) is 12.7 Å². The van der Waals surface area contributed by atoms with Gasteiger partial charge in [-0.3, -0.25) is 0 Å². The summed E-state index contributed by atoms with van der Waals surface area (Å²) in [5, 5.41) is 9.29. The van der Waals surface area contributed by atoms with Crippen molar-refractivity contribution in [1.82, 2.24) is 0 Å². The van der Waals surface area contributed by atoms with Crippen molar-refractivity contribution in [2.45, 2.75) is 44.9 Å². The van der Waals surface area contributed by atoms with Crippen molar-refractivity contribution >= 4 is 12.4 Å². The molecule has 2 rings (SSSR count). The van der Waals surface area contributed by atoms with Crippen molar-refractivity contribution in [2.75, 3.05) is 0 Å². The lowest BCUT2D eigenvalue weighted by Gasteiger charge is -2.18. The first-order chi connectivity index (χ1) is 7.85. The number of aliphatic hydroxyl groups is 1. The second-order valence-electron chi connectivity index (χ2n) is 4.29. The van der Waals surface area contributed by atoms with Crippen LogP contribution in [-0.4, -0.2) is 11.2 Å². The molecule has 0 spiro atoms. The van der Waals surface area contributed by atoms with Crippen molar-refractivity contribution in [3.63, 3.8) is 0 Å². The van der Waals surface area contributed by atoms with Crippen LogP contribution in [0.1, 0.15) is 36.8 Å². The standard InChI is InChI=1S/C13H19NO2.ClH/c14-8-10-4-3-5-11(9-15)13(10)16-12-6-1-2-7-12;/h3-5,12,15H,1-2,6-9,14H2;1H. The van der Waals surface area contributed by atoms with Crippen molar-refractivity contribution in [3.05, 3.63) is 29.3 Å². The maximum atomic E-state index is 9.29. The molecule has 17 heavy (non-hydrogen) atoms. The normalized spacial score (nSPS) is 15.6. The molecule has 1 aliphatic rings. The summed E-state index contributed by atoms with van der Waals surface area (Å²) in [6.45, 7) is 0.464. The second-order valence-corrected chi connectivity index (χ2v) is 4.29. The van der Waals surface area contributed by atoms with Gasteiger partial charge in [-0.1, -0.05) is 18.2 Å². The number of halogens is 1. The fraction of sp³-hybridized carbons (Fsp3) is 0.538. The first kappa shape index (κ1) is 14.3. The van der Waals surface area contributed by atoms with E-state index in [4.69, 9.17) is 10.5 Å². The molecule has 0 bridgehead atoms. The Bertz CT molecular complexity index is 329. The molecule has 1 aromatic carbocycles. The van der Waals surface area contributed by atoms with Crippen LogP contribution in [0, 0.1) is 0 Å². The number of hydrogen-bond acceptors (Lipinski definition) is 3. The summed E-state index contributed by atoms with van der Waals surface area (Å²) in [5.74, 6) is 0.805. The molecule has 0 saturated heterocycles. The maximum absolute atomic E-state index is 9.29. The Morgan fingerprint density at radius 2 is 1.88 bits per heavy atom. The van der Waals surface area contributed by atoms with Gasteiger partial charge in [0.25, 0.3) is 0 Å². The lowest BCUT2D eigenvalue weighted by Crippen LogP contribution is -2.14. The Balaban J connectivity index is 0.00000144. The number of para-hydroxylation sites is 1. The Morgan fingerprint density at radius 1 is 1.24 bits per heavy atom. The van der Waals surface area contributed by atoms with Crippen LogP contribution in [0.2, 0.25) is 0 Å². The molecule has 0 aliphatic heterocycles. The molecule has 3 nitrogen and oxygen atoms in total. The van der Waals surface area contributed by atoms with Gasteiger partial charge in [0.2, 0.25) is 0 Å². The van der Waals surface area contributed by atoms with Gasteiger partial charge < -0.3 is 15.6 Å². The maximum Gasteiger partial charge on any atom is 0.129 e. The second kappa shape index (κ2) is 6.84. The van der Waals surface area contributed by atoms with Gasteiger partial charge in [-0.2, -0.15) is 0 Å². The lowest BCUT2D eigenvalue weighted by molar-refractivity contribution is 0.197. The van der Waals surface area contributed by atoms with E-state index in [1.807, 2.05) is 18.2 Å². The predicted octanol–water partition coefficient (Wildman–Crippen LogP) is 2.38. The van der Waals surface area contributed by atoms with Crippen molar-refractivity contribution in [2.24, 2.45) is 5.73 Å². The summed E-state index contributed by atoms with van der Waals surface area (Å²) in [6, 6.07) is 5.77. The molecular formula is C13H20ClNO2. The molecule has 96 valence electrons. The summed E-state index contributed by atoms with van der Waals surface area (Å²) in [5.41, 5.74) is 7.51. The van der Waals surface area contributed by atoms with Crippen LogP contribution in [-0.2, 0) is 13.2 Å². The topological polar surface area (TPSA) is 55.5 Å². The van der Waals surface area contributed by atoms with Gasteiger partial charge in [-0.15, -0.1) is 12.4 Å². The lowest BCUT2D eigenvalue weighted by atomic mass is 10.1. The zero-order valence-electron chi connectivity index (χ0n) is 9.89. The molecule has 0 radical (unpaired) electrons. The minimum absolute atomic E-state index is 0. The quantitative estimate of drug-likeness (QED) is 0.871. The molecule has 1 fully saturated rings. The van der Waals surface area contributed by atoms with Crippen LogP contribution in [0.4, 0.5) is 0 Å². The van der Waals surface area contributed by atoms with Gasteiger partial charge in [-0.05, 0) is 25.7 Å². The molecule has 0 atom stereocenters. The number of benzene rings is 1. The summed E-state index contributed by atoms with van der Waals surface area (Å²) >= 11 is 0. The van der Waals surface area contributed by atoms with Crippen LogP contribution in [0.25, 0.3) is 0 Å². The van der Waals surface area contributed by atoms with Crippen LogP contribution < -0.4 is 10.5 Å². The number of ether oxygens (including phenoxy) is 1. The number of aliphatic hydroxyl groups excluding tert-OH is 1. The predicted molar refractivity (Wildman–Crippen MR) is 70.4 cm³/mol. The molecule has 1 aromatic rings. The summed E-state index contributed by atoms with van der Waals surface area (Å²) in [4.78, 5) is 0. The van der Waals surface area contributed by atoms with Crippen molar-refractivity contribution in [1.29, 1.82) is 0 Å². The van der Waals surface area contributed by atoms with E-state index >= 15 is 0 Å². The monoisotopic (exact) mass is 257 g/mol. The number of rotatable bonds is 4. The molecule has 1 saturated carbocycles. The molecular weight excluding hydrogens is 238 g/mol. The average Bonchev–Trinajstić information content (AvgIpc) is 2.82. The minimum atomic E-state index is 0. The van der Waals surface area contributed by atoms with Crippen LogP contribution in [0.5, 0.6) is 5.75 Å². The molecule has 0 amide bonds. The largest absolute Gasteiger partial charge is 0.490 e. The highest BCUT2D eigenvalue weighted by molar-refractivity contribution is 5.85. The highest BCUT2D eigenvalue weighted by Crippen LogP contribution is 2.29. The van der Waals surface area contributed by atoms with E-state index < -0.39 is 0 Å².